The van der Waals surface area contributed by atoms with E-state index in [1.54, 1.807) is 38.2 Å². The van der Waals surface area contributed by atoms with Crippen LogP contribution < -0.4 is 16.4 Å². The first-order valence-corrected chi connectivity index (χ1v) is 8.62. The monoisotopic (exact) mass is 374 g/mol. The molecular weight excluding hydrogens is 350 g/mol. The van der Waals surface area contributed by atoms with Crippen molar-refractivity contribution in [2.24, 2.45) is 16.6 Å². The first-order chi connectivity index (χ1) is 12.9. The Morgan fingerprint density at radius 3 is 2.37 bits per heavy atom. The number of aryl methyl sites for hydroxylation is 1. The van der Waals surface area contributed by atoms with Crippen LogP contribution in [0.3, 0.4) is 0 Å². The van der Waals surface area contributed by atoms with Crippen LogP contribution in [0.2, 0.25) is 0 Å². The molecule has 0 aliphatic rings. The highest BCUT2D eigenvalue weighted by molar-refractivity contribution is 5.81. The van der Waals surface area contributed by atoms with Crippen molar-refractivity contribution in [1.82, 2.24) is 10.6 Å². The quantitative estimate of drug-likeness (QED) is 0.514. The topological polar surface area (TPSA) is 79.5 Å². The Hall–Kier alpha value is -2.96. The maximum Gasteiger partial charge on any atom is 0.222 e. The van der Waals surface area contributed by atoms with E-state index in [0.29, 0.717) is 24.5 Å². The van der Waals surface area contributed by atoms with E-state index in [2.05, 4.69) is 15.6 Å². The number of nitrogens with two attached hydrogens (primary N) is 1. The van der Waals surface area contributed by atoms with Gasteiger partial charge in [0.1, 0.15) is 11.6 Å². The molecule has 0 aliphatic carbocycles. The summed E-state index contributed by atoms with van der Waals surface area (Å²) in [4.78, 5) is 15.8. The highest BCUT2D eigenvalue weighted by atomic mass is 19.1. The fraction of sp³-hybridized carbons (Fsp3) is 0.300. The van der Waals surface area contributed by atoms with Crippen molar-refractivity contribution in [2.75, 3.05) is 13.6 Å². The van der Waals surface area contributed by atoms with Crippen LogP contribution in [0.4, 0.5) is 8.78 Å². The fourth-order valence-corrected chi connectivity index (χ4v) is 2.62. The van der Waals surface area contributed by atoms with Crippen LogP contribution in [0.5, 0.6) is 0 Å². The van der Waals surface area contributed by atoms with E-state index in [4.69, 9.17) is 5.73 Å². The van der Waals surface area contributed by atoms with Crippen LogP contribution in [-0.4, -0.2) is 25.5 Å². The highest BCUT2D eigenvalue weighted by Crippen LogP contribution is 2.10. The molecule has 0 saturated carbocycles. The Morgan fingerprint density at radius 2 is 1.78 bits per heavy atom. The lowest BCUT2D eigenvalue weighted by atomic mass is 9.98. The molecule has 1 amide bonds. The number of guanidine groups is 1. The van der Waals surface area contributed by atoms with Gasteiger partial charge in [0.25, 0.3) is 0 Å². The molecule has 2 aromatic carbocycles. The summed E-state index contributed by atoms with van der Waals surface area (Å²) >= 11 is 0. The van der Waals surface area contributed by atoms with Crippen molar-refractivity contribution in [3.05, 3.63) is 70.8 Å². The van der Waals surface area contributed by atoms with Crippen molar-refractivity contribution >= 4 is 11.9 Å². The average Bonchev–Trinajstić information content (AvgIpc) is 2.65. The lowest BCUT2D eigenvalue weighted by molar-refractivity contribution is -0.121. The Balaban J connectivity index is 1.90. The minimum atomic E-state index is -0.470. The number of nitrogens with zero attached hydrogens (tertiary/aromatic N) is 1. The molecule has 2 rings (SSSR count). The lowest BCUT2D eigenvalue weighted by Gasteiger charge is -2.17. The number of amides is 1. The van der Waals surface area contributed by atoms with E-state index in [1.807, 2.05) is 0 Å². The third-order valence-corrected chi connectivity index (χ3v) is 4.22. The predicted octanol–water partition coefficient (Wildman–Crippen LogP) is 2.28. The second kappa shape index (κ2) is 9.66. The van der Waals surface area contributed by atoms with Gasteiger partial charge >= 0.3 is 0 Å². The normalized spacial score (nSPS) is 12.5. The van der Waals surface area contributed by atoms with Gasteiger partial charge in [0.15, 0.2) is 5.96 Å². The van der Waals surface area contributed by atoms with Crippen LogP contribution in [0.25, 0.3) is 0 Å². The number of nitrogens with one attached hydrogen (secondary N) is 2. The van der Waals surface area contributed by atoms with E-state index in [0.717, 1.165) is 11.1 Å². The van der Waals surface area contributed by atoms with Gasteiger partial charge in [-0.1, -0.05) is 24.3 Å². The molecule has 0 saturated heterocycles. The molecule has 27 heavy (non-hydrogen) atoms. The van der Waals surface area contributed by atoms with Gasteiger partial charge in [-0.05, 0) is 48.2 Å². The molecule has 1 unspecified atom stereocenters. The molecule has 0 fully saturated rings. The summed E-state index contributed by atoms with van der Waals surface area (Å²) in [5.41, 5.74) is 7.80. The third-order valence-electron chi connectivity index (χ3n) is 4.22. The van der Waals surface area contributed by atoms with E-state index in [9.17, 15) is 13.6 Å². The molecule has 1 atom stereocenters. The molecule has 0 bridgehead atoms. The zero-order chi connectivity index (χ0) is 19.8. The number of primary amides is 1. The summed E-state index contributed by atoms with van der Waals surface area (Å²) in [6, 6.07) is 10.9. The Kier molecular flexibility index (Phi) is 7.28. The maximum absolute atomic E-state index is 13.3. The molecule has 5 nitrogen and oxygen atoms in total. The standard InChI is InChI=1S/C20H24F2N4O/c1-13-9-15(5-8-18(13)22)11-25-20(24-2)26-12-16(19(23)27)10-14-3-6-17(21)7-4-14/h3-9,16H,10-12H2,1-2H3,(H2,23,27)(H2,24,25,26). The minimum absolute atomic E-state index is 0.244. The largest absolute Gasteiger partial charge is 0.369 e. The molecule has 7 heteroatoms. The molecule has 0 heterocycles. The summed E-state index contributed by atoms with van der Waals surface area (Å²) in [5, 5.41) is 6.18. The number of halogens is 2. The van der Waals surface area contributed by atoms with E-state index < -0.39 is 11.8 Å². The van der Waals surface area contributed by atoms with Gasteiger partial charge in [0.05, 0.1) is 5.92 Å². The van der Waals surface area contributed by atoms with Gasteiger partial charge in [-0.15, -0.1) is 0 Å². The first kappa shape index (κ1) is 20.4. The van der Waals surface area contributed by atoms with Crippen LogP contribution >= 0.6 is 0 Å². The zero-order valence-electron chi connectivity index (χ0n) is 15.4. The van der Waals surface area contributed by atoms with Gasteiger partial charge in [-0.25, -0.2) is 8.78 Å². The van der Waals surface area contributed by atoms with Crippen LogP contribution in [0.15, 0.2) is 47.5 Å². The van der Waals surface area contributed by atoms with Gasteiger partial charge in [-0.3, -0.25) is 9.79 Å². The van der Waals surface area contributed by atoms with Crippen molar-refractivity contribution in [3.8, 4) is 0 Å². The van der Waals surface area contributed by atoms with E-state index in [-0.39, 0.29) is 18.2 Å². The predicted molar refractivity (Wildman–Crippen MR) is 102 cm³/mol. The smallest absolute Gasteiger partial charge is 0.222 e. The number of benzene rings is 2. The highest BCUT2D eigenvalue weighted by Gasteiger charge is 2.16. The SMILES string of the molecule is CN=C(NCc1ccc(F)c(C)c1)NCC(Cc1ccc(F)cc1)C(N)=O. The zero-order valence-corrected chi connectivity index (χ0v) is 15.4. The summed E-state index contributed by atoms with van der Waals surface area (Å²) in [5.74, 6) is -0.986. The summed E-state index contributed by atoms with van der Waals surface area (Å²) in [6.07, 6.45) is 0.400. The van der Waals surface area contributed by atoms with Crippen molar-refractivity contribution < 1.29 is 13.6 Å². The van der Waals surface area contributed by atoms with Crippen molar-refractivity contribution in [3.63, 3.8) is 0 Å². The summed E-state index contributed by atoms with van der Waals surface area (Å²) in [6.45, 7) is 2.45. The van der Waals surface area contributed by atoms with Crippen molar-refractivity contribution in [2.45, 2.75) is 19.9 Å². The molecule has 0 aliphatic heterocycles. The molecule has 2 aromatic rings. The second-order valence-corrected chi connectivity index (χ2v) is 6.32. The molecule has 0 spiro atoms. The Bertz CT molecular complexity index is 806. The van der Waals surface area contributed by atoms with Crippen LogP contribution in [-0.2, 0) is 17.8 Å². The summed E-state index contributed by atoms with van der Waals surface area (Å²) in [7, 11) is 1.62. The van der Waals surface area contributed by atoms with Gasteiger partial charge in [0, 0.05) is 20.1 Å². The maximum atomic E-state index is 13.3. The Morgan fingerprint density at radius 1 is 1.11 bits per heavy atom. The molecule has 0 radical (unpaired) electrons. The fourth-order valence-electron chi connectivity index (χ4n) is 2.62. The van der Waals surface area contributed by atoms with Crippen LogP contribution in [0, 0.1) is 24.5 Å². The number of carbonyl (C=O) groups is 1. The number of aliphatic imine (C=N–C) groups is 1. The first-order valence-electron chi connectivity index (χ1n) is 8.62. The molecule has 4 N–H and O–H groups in total. The second-order valence-electron chi connectivity index (χ2n) is 6.32. The van der Waals surface area contributed by atoms with E-state index >= 15 is 0 Å². The van der Waals surface area contributed by atoms with Gasteiger partial charge in [0.2, 0.25) is 5.91 Å². The number of hydrogen-bond acceptors (Lipinski definition) is 2. The summed E-state index contributed by atoms with van der Waals surface area (Å²) < 4.78 is 26.3. The minimum Gasteiger partial charge on any atom is -0.369 e. The van der Waals surface area contributed by atoms with Gasteiger partial charge in [-0.2, -0.15) is 0 Å². The van der Waals surface area contributed by atoms with E-state index in [1.165, 1.54) is 18.2 Å². The Labute approximate surface area is 157 Å². The molecule has 0 aromatic heterocycles. The third kappa shape index (κ3) is 6.36. The lowest BCUT2D eigenvalue weighted by Crippen LogP contribution is -2.42. The average molecular weight is 374 g/mol. The number of carbonyl (C=O) groups excluding carboxylic acids is 1. The molecular formula is C20H24F2N4O. The molecule has 144 valence electrons. The number of rotatable bonds is 7. The van der Waals surface area contributed by atoms with Gasteiger partial charge < -0.3 is 16.4 Å². The van der Waals surface area contributed by atoms with Crippen LogP contribution in [0.1, 0.15) is 16.7 Å². The number of hydrogen-bond donors (Lipinski definition) is 3. The van der Waals surface area contributed by atoms with Crippen molar-refractivity contribution in [1.29, 1.82) is 0 Å².